The lowest BCUT2D eigenvalue weighted by Crippen LogP contribution is -2.22. The summed E-state index contributed by atoms with van der Waals surface area (Å²) >= 11 is 0. The molecule has 0 saturated heterocycles. The Morgan fingerprint density at radius 1 is 1.41 bits per heavy atom. The van der Waals surface area contributed by atoms with Gasteiger partial charge in [-0.25, -0.2) is 4.98 Å². The van der Waals surface area contributed by atoms with Crippen molar-refractivity contribution in [2.24, 2.45) is 0 Å². The number of hydrogen-bond donors (Lipinski definition) is 2. The summed E-state index contributed by atoms with van der Waals surface area (Å²) in [5, 5.41) is 11.4. The van der Waals surface area contributed by atoms with Crippen LogP contribution in [0.2, 0.25) is 0 Å². The molecule has 1 rings (SSSR count). The van der Waals surface area contributed by atoms with Gasteiger partial charge >= 0.3 is 0 Å². The standard InChI is InChI=1S/C8H12N2O3.2C2H6/c1-6(12)9-3-2-8-7(4-11)10-5-13-8;2*1-2/h5,11H,2-4H2,1H3,(H,9,12);2*1-2H3. The van der Waals surface area contributed by atoms with Gasteiger partial charge in [0.15, 0.2) is 6.39 Å². The summed E-state index contributed by atoms with van der Waals surface area (Å²) in [6, 6.07) is 0. The van der Waals surface area contributed by atoms with Gasteiger partial charge in [0.1, 0.15) is 11.5 Å². The van der Waals surface area contributed by atoms with Crippen LogP contribution in [0.3, 0.4) is 0 Å². The largest absolute Gasteiger partial charge is 0.448 e. The highest BCUT2D eigenvalue weighted by atomic mass is 16.3. The van der Waals surface area contributed by atoms with Gasteiger partial charge < -0.3 is 14.8 Å². The molecule has 1 aromatic heterocycles. The summed E-state index contributed by atoms with van der Waals surface area (Å²) in [4.78, 5) is 14.3. The van der Waals surface area contributed by atoms with E-state index in [-0.39, 0.29) is 12.5 Å². The molecule has 5 nitrogen and oxygen atoms in total. The van der Waals surface area contributed by atoms with E-state index in [2.05, 4.69) is 10.3 Å². The number of nitrogens with zero attached hydrogens (tertiary/aromatic N) is 1. The number of amides is 1. The first-order valence-electron chi connectivity index (χ1n) is 6.00. The van der Waals surface area contributed by atoms with Crippen LogP contribution in [0.5, 0.6) is 0 Å². The molecule has 0 aliphatic carbocycles. The van der Waals surface area contributed by atoms with Gasteiger partial charge in [0.25, 0.3) is 0 Å². The maximum Gasteiger partial charge on any atom is 0.216 e. The Morgan fingerprint density at radius 3 is 2.47 bits per heavy atom. The fraction of sp³-hybridized carbons (Fsp3) is 0.667. The van der Waals surface area contributed by atoms with Gasteiger partial charge in [-0.05, 0) is 0 Å². The molecular formula is C12H24N2O3. The first-order chi connectivity index (χ1) is 8.24. The van der Waals surface area contributed by atoms with E-state index < -0.39 is 0 Å². The number of rotatable bonds is 4. The van der Waals surface area contributed by atoms with Crippen LogP contribution in [0.15, 0.2) is 10.8 Å². The lowest BCUT2D eigenvalue weighted by Gasteiger charge is -1.99. The van der Waals surface area contributed by atoms with E-state index in [4.69, 9.17) is 9.52 Å². The van der Waals surface area contributed by atoms with E-state index in [1.54, 1.807) is 0 Å². The van der Waals surface area contributed by atoms with Crippen LogP contribution in [0.1, 0.15) is 46.1 Å². The molecule has 0 atom stereocenters. The Balaban J connectivity index is 0. The smallest absolute Gasteiger partial charge is 0.216 e. The molecule has 5 heteroatoms. The van der Waals surface area contributed by atoms with Gasteiger partial charge in [0, 0.05) is 19.9 Å². The third-order valence-corrected chi connectivity index (χ3v) is 1.60. The fourth-order valence-electron chi connectivity index (χ4n) is 0.978. The number of aromatic nitrogens is 1. The predicted molar refractivity (Wildman–Crippen MR) is 67.5 cm³/mol. The van der Waals surface area contributed by atoms with Crippen molar-refractivity contribution < 1.29 is 14.3 Å². The SMILES string of the molecule is CC.CC.CC(=O)NCCc1ocnc1CO. The lowest BCUT2D eigenvalue weighted by molar-refractivity contribution is -0.118. The summed E-state index contributed by atoms with van der Waals surface area (Å²) in [5.41, 5.74) is 0.533. The van der Waals surface area contributed by atoms with Gasteiger partial charge in [0.2, 0.25) is 5.91 Å². The van der Waals surface area contributed by atoms with Crippen LogP contribution < -0.4 is 5.32 Å². The monoisotopic (exact) mass is 244 g/mol. The third kappa shape index (κ3) is 8.45. The molecule has 0 spiro atoms. The zero-order valence-corrected chi connectivity index (χ0v) is 11.4. The summed E-state index contributed by atoms with van der Waals surface area (Å²) in [5.74, 6) is 0.543. The number of aliphatic hydroxyl groups is 1. The summed E-state index contributed by atoms with van der Waals surface area (Å²) in [7, 11) is 0. The predicted octanol–water partition coefficient (Wildman–Crippen LogP) is 1.90. The molecule has 2 N–H and O–H groups in total. The van der Waals surface area contributed by atoms with Gasteiger partial charge in [-0.3, -0.25) is 4.79 Å². The van der Waals surface area contributed by atoms with Crippen LogP contribution in [-0.4, -0.2) is 22.5 Å². The number of nitrogens with one attached hydrogen (secondary N) is 1. The van der Waals surface area contributed by atoms with Gasteiger partial charge in [-0.15, -0.1) is 0 Å². The molecule has 1 aromatic rings. The molecule has 0 aliphatic rings. The zero-order valence-electron chi connectivity index (χ0n) is 11.4. The van der Waals surface area contributed by atoms with Crippen LogP contribution in [0.4, 0.5) is 0 Å². The molecular weight excluding hydrogens is 220 g/mol. The molecule has 1 heterocycles. The fourth-order valence-corrected chi connectivity index (χ4v) is 0.978. The van der Waals surface area contributed by atoms with Gasteiger partial charge in [-0.1, -0.05) is 27.7 Å². The molecule has 0 radical (unpaired) electrons. The minimum atomic E-state index is -0.133. The van der Waals surface area contributed by atoms with Crippen molar-refractivity contribution >= 4 is 5.91 Å². The summed E-state index contributed by atoms with van der Waals surface area (Å²) in [6.07, 6.45) is 1.84. The molecule has 1 amide bonds. The Bertz CT molecular complexity index is 285. The van der Waals surface area contributed by atoms with E-state index >= 15 is 0 Å². The van der Waals surface area contributed by atoms with Crippen LogP contribution in [-0.2, 0) is 17.8 Å². The number of carbonyl (C=O) groups excluding carboxylic acids is 1. The Hall–Kier alpha value is -1.36. The summed E-state index contributed by atoms with van der Waals surface area (Å²) in [6.45, 7) is 9.82. The number of carbonyl (C=O) groups is 1. The van der Waals surface area contributed by atoms with Crippen LogP contribution in [0, 0.1) is 0 Å². The molecule has 100 valence electrons. The van der Waals surface area contributed by atoms with Crippen molar-refractivity contribution in [2.75, 3.05) is 6.54 Å². The molecule has 0 aliphatic heterocycles. The minimum absolute atomic E-state index is 0.0786. The maximum atomic E-state index is 10.5. The van der Waals surface area contributed by atoms with Crippen molar-refractivity contribution in [3.63, 3.8) is 0 Å². The van der Waals surface area contributed by atoms with Gasteiger partial charge in [-0.2, -0.15) is 0 Å². The topological polar surface area (TPSA) is 75.4 Å². The quantitative estimate of drug-likeness (QED) is 0.848. The van der Waals surface area contributed by atoms with Crippen molar-refractivity contribution in [3.8, 4) is 0 Å². The second kappa shape index (κ2) is 12.7. The molecule has 17 heavy (non-hydrogen) atoms. The number of aliphatic hydroxyl groups excluding tert-OH is 1. The van der Waals surface area contributed by atoms with E-state index in [1.165, 1.54) is 13.3 Å². The van der Waals surface area contributed by atoms with Crippen molar-refractivity contribution in [1.29, 1.82) is 0 Å². The van der Waals surface area contributed by atoms with E-state index in [0.29, 0.717) is 24.4 Å². The number of oxazole rings is 1. The van der Waals surface area contributed by atoms with Crippen molar-refractivity contribution in [1.82, 2.24) is 10.3 Å². The highest BCUT2D eigenvalue weighted by Gasteiger charge is 2.06. The Labute approximate surface area is 103 Å². The maximum absolute atomic E-state index is 10.5. The van der Waals surface area contributed by atoms with E-state index in [9.17, 15) is 4.79 Å². The van der Waals surface area contributed by atoms with Crippen molar-refractivity contribution in [3.05, 3.63) is 17.8 Å². The molecule has 0 bridgehead atoms. The van der Waals surface area contributed by atoms with E-state index in [0.717, 1.165) is 0 Å². The normalized spacial score (nSPS) is 8.35. The highest BCUT2D eigenvalue weighted by molar-refractivity contribution is 5.72. The molecule has 0 aromatic carbocycles. The second-order valence-electron chi connectivity index (χ2n) is 2.61. The van der Waals surface area contributed by atoms with Gasteiger partial charge in [0.05, 0.1) is 6.61 Å². The lowest BCUT2D eigenvalue weighted by atomic mass is 10.2. The minimum Gasteiger partial charge on any atom is -0.448 e. The Kier molecular flexibility index (Phi) is 13.5. The first-order valence-corrected chi connectivity index (χ1v) is 6.00. The molecule has 0 fully saturated rings. The second-order valence-corrected chi connectivity index (χ2v) is 2.61. The molecule has 0 unspecified atom stereocenters. The van der Waals surface area contributed by atoms with Crippen LogP contribution in [0.25, 0.3) is 0 Å². The average molecular weight is 244 g/mol. The first kappa shape index (κ1) is 18.0. The van der Waals surface area contributed by atoms with E-state index in [1.807, 2.05) is 27.7 Å². The molecule has 0 saturated carbocycles. The Morgan fingerprint density at radius 2 is 2.00 bits per heavy atom. The van der Waals surface area contributed by atoms with Crippen LogP contribution >= 0.6 is 0 Å². The summed E-state index contributed by atoms with van der Waals surface area (Å²) < 4.78 is 5.01. The third-order valence-electron chi connectivity index (χ3n) is 1.60. The van der Waals surface area contributed by atoms with Crippen molar-refractivity contribution in [2.45, 2.75) is 47.6 Å². The highest BCUT2D eigenvalue weighted by Crippen LogP contribution is 2.06. The zero-order chi connectivity index (χ0) is 13.7. The number of hydrogen-bond acceptors (Lipinski definition) is 4. The average Bonchev–Trinajstić information content (AvgIpc) is 2.81.